The van der Waals surface area contributed by atoms with Crippen molar-refractivity contribution in [2.75, 3.05) is 6.54 Å². The van der Waals surface area contributed by atoms with Crippen LogP contribution in [-0.4, -0.2) is 20.1 Å². The quantitative estimate of drug-likeness (QED) is 0.610. The molecule has 0 bridgehead atoms. The number of hydrogen-bond acceptors (Lipinski definition) is 2. The van der Waals surface area contributed by atoms with Crippen molar-refractivity contribution in [1.29, 1.82) is 0 Å². The maximum Gasteiger partial charge on any atom is 0.137 e. The van der Waals surface area contributed by atoms with E-state index in [9.17, 15) is 8.94 Å². The summed E-state index contributed by atoms with van der Waals surface area (Å²) in [5.74, 6) is -0.242. The molecule has 0 aromatic heterocycles. The largest absolute Gasteiger partial charge is 0.597 e. The van der Waals surface area contributed by atoms with Crippen LogP contribution >= 0.6 is 15.9 Å². The Bertz CT molecular complexity index is 477. The molecule has 0 saturated carbocycles. The molecule has 1 aromatic rings. The first-order chi connectivity index (χ1) is 8.16. The van der Waals surface area contributed by atoms with E-state index in [2.05, 4.69) is 15.9 Å². The highest BCUT2D eigenvalue weighted by Crippen LogP contribution is 2.48. The van der Waals surface area contributed by atoms with Gasteiger partial charge in [0.2, 0.25) is 0 Å². The maximum atomic E-state index is 13.9. The molecule has 1 aromatic carbocycles. The summed E-state index contributed by atoms with van der Waals surface area (Å²) < 4.78 is 28.6. The molecule has 0 radical (unpaired) electrons. The molecule has 5 heteroatoms. The lowest BCUT2D eigenvalue weighted by Crippen LogP contribution is -2.36. The minimum Gasteiger partial charge on any atom is -0.597 e. The van der Waals surface area contributed by atoms with Crippen LogP contribution in [0.1, 0.15) is 33.3 Å². The summed E-state index contributed by atoms with van der Waals surface area (Å²) in [5, 5.41) is 0. The molecular formula is C13H17BrFNOS. The number of benzene rings is 1. The summed E-state index contributed by atoms with van der Waals surface area (Å²) in [6.07, 6.45) is 0. The lowest BCUT2D eigenvalue weighted by molar-refractivity contribution is 0.481. The lowest BCUT2D eigenvalue weighted by Gasteiger charge is -2.26. The van der Waals surface area contributed by atoms with E-state index in [4.69, 9.17) is 0 Å². The molecule has 3 atom stereocenters. The molecule has 1 saturated heterocycles. The highest BCUT2D eigenvalue weighted by Gasteiger charge is 2.60. The summed E-state index contributed by atoms with van der Waals surface area (Å²) in [6.45, 7) is 8.35. The number of halogens is 2. The van der Waals surface area contributed by atoms with Crippen molar-refractivity contribution in [3.8, 4) is 0 Å². The smallest absolute Gasteiger partial charge is 0.137 e. The Kier molecular flexibility index (Phi) is 3.56. The molecule has 0 N–H and O–H groups in total. The van der Waals surface area contributed by atoms with Gasteiger partial charge in [-0.05, 0) is 45.9 Å². The molecule has 100 valence electrons. The van der Waals surface area contributed by atoms with Gasteiger partial charge in [-0.3, -0.25) is 0 Å². The van der Waals surface area contributed by atoms with Crippen molar-refractivity contribution in [2.24, 2.45) is 0 Å². The van der Waals surface area contributed by atoms with Gasteiger partial charge in [-0.1, -0.05) is 15.9 Å². The van der Waals surface area contributed by atoms with E-state index >= 15 is 0 Å². The van der Waals surface area contributed by atoms with E-state index in [1.807, 2.05) is 32.0 Å². The van der Waals surface area contributed by atoms with Crippen molar-refractivity contribution in [2.45, 2.75) is 38.0 Å². The average molecular weight is 334 g/mol. The van der Waals surface area contributed by atoms with E-state index in [0.29, 0.717) is 12.1 Å². The van der Waals surface area contributed by atoms with Crippen molar-refractivity contribution in [3.05, 3.63) is 34.1 Å². The van der Waals surface area contributed by atoms with Gasteiger partial charge >= 0.3 is 0 Å². The van der Waals surface area contributed by atoms with Gasteiger partial charge in [-0.15, -0.1) is 4.31 Å². The first-order valence-electron chi connectivity index (χ1n) is 5.81. The fourth-order valence-electron chi connectivity index (χ4n) is 1.95. The third kappa shape index (κ3) is 2.46. The van der Waals surface area contributed by atoms with E-state index in [1.54, 1.807) is 12.1 Å². The third-order valence-electron chi connectivity index (χ3n) is 3.13. The predicted octanol–water partition coefficient (Wildman–Crippen LogP) is 3.58. The minimum absolute atomic E-state index is 0.242. The minimum atomic E-state index is -1.11. The van der Waals surface area contributed by atoms with Crippen molar-refractivity contribution in [1.82, 2.24) is 4.31 Å². The van der Waals surface area contributed by atoms with E-state index in [1.165, 1.54) is 6.07 Å². The second-order valence-corrected chi connectivity index (χ2v) is 8.88. The first kappa shape index (κ1) is 14.3. The van der Waals surface area contributed by atoms with E-state index in [0.717, 1.165) is 4.47 Å². The van der Waals surface area contributed by atoms with Crippen LogP contribution in [0.5, 0.6) is 0 Å². The first-order valence-corrected chi connectivity index (χ1v) is 7.71. The summed E-state index contributed by atoms with van der Waals surface area (Å²) in [5.41, 5.74) is 0.154. The fraction of sp³-hybridized carbons (Fsp3) is 0.538. The molecule has 18 heavy (non-hydrogen) atoms. The standard InChI is InChI=1S/C13H17BrFNOS/c1-12(2,3)18(17)16-8-13(16,4)10-7-9(14)5-6-11(10)15/h5-7H,8H2,1-4H3/t13-,16?,18?/m0/s1. The monoisotopic (exact) mass is 333 g/mol. The predicted molar refractivity (Wildman–Crippen MR) is 76.1 cm³/mol. The van der Waals surface area contributed by atoms with Gasteiger partial charge in [-0.2, -0.15) is 0 Å². The van der Waals surface area contributed by atoms with Crippen LogP contribution in [0.3, 0.4) is 0 Å². The van der Waals surface area contributed by atoms with E-state index in [-0.39, 0.29) is 10.6 Å². The Morgan fingerprint density at radius 3 is 2.61 bits per heavy atom. The Morgan fingerprint density at radius 1 is 1.44 bits per heavy atom. The summed E-state index contributed by atoms with van der Waals surface area (Å²) in [6, 6.07) is 4.89. The van der Waals surface area contributed by atoms with Gasteiger partial charge in [0.05, 0.1) is 6.54 Å². The van der Waals surface area contributed by atoms with Crippen LogP contribution in [0, 0.1) is 5.82 Å². The zero-order valence-electron chi connectivity index (χ0n) is 11.0. The van der Waals surface area contributed by atoms with Crippen molar-refractivity contribution in [3.63, 3.8) is 0 Å². The summed E-state index contributed by atoms with van der Waals surface area (Å²) >= 11 is 2.24. The molecule has 2 unspecified atom stereocenters. The molecule has 0 aliphatic carbocycles. The van der Waals surface area contributed by atoms with Gasteiger partial charge in [0.15, 0.2) is 0 Å². The normalized spacial score (nSPS) is 29.2. The van der Waals surface area contributed by atoms with Crippen LogP contribution in [0.2, 0.25) is 0 Å². The van der Waals surface area contributed by atoms with Gasteiger partial charge in [0.25, 0.3) is 0 Å². The maximum absolute atomic E-state index is 13.9. The number of rotatable bonds is 2. The Labute approximate surface area is 119 Å². The Hall–Kier alpha value is -0.100. The van der Waals surface area contributed by atoms with Gasteiger partial charge in [0.1, 0.15) is 16.1 Å². The van der Waals surface area contributed by atoms with Gasteiger partial charge in [-0.25, -0.2) is 4.39 Å². The van der Waals surface area contributed by atoms with Crippen LogP contribution < -0.4 is 0 Å². The molecule has 0 spiro atoms. The molecule has 0 amide bonds. The highest BCUT2D eigenvalue weighted by molar-refractivity contribution is 9.10. The second-order valence-electron chi connectivity index (χ2n) is 5.80. The second kappa shape index (κ2) is 4.47. The van der Waals surface area contributed by atoms with Gasteiger partial charge in [0, 0.05) is 21.4 Å². The van der Waals surface area contributed by atoms with Crippen molar-refractivity contribution < 1.29 is 8.94 Å². The molecule has 1 fully saturated rings. The molecule has 1 aliphatic rings. The van der Waals surface area contributed by atoms with Crippen LogP contribution in [0.25, 0.3) is 0 Å². The Balaban J connectivity index is 2.28. The molecule has 2 rings (SSSR count). The summed E-state index contributed by atoms with van der Waals surface area (Å²) in [7, 11) is 0. The zero-order chi connectivity index (χ0) is 13.7. The SMILES string of the molecule is CC(C)(C)[S+]([O-])N1C[C@@]1(C)c1cc(Br)ccc1F. The van der Waals surface area contributed by atoms with Crippen LogP contribution in [0.15, 0.2) is 22.7 Å². The zero-order valence-corrected chi connectivity index (χ0v) is 13.4. The topological polar surface area (TPSA) is 26.1 Å². The lowest BCUT2D eigenvalue weighted by atomic mass is 10.0. The van der Waals surface area contributed by atoms with Crippen molar-refractivity contribution >= 4 is 27.3 Å². The number of nitrogens with zero attached hydrogens (tertiary/aromatic N) is 1. The summed E-state index contributed by atoms with van der Waals surface area (Å²) in [4.78, 5) is 0. The molecule has 1 aliphatic heterocycles. The molecular weight excluding hydrogens is 317 g/mol. The van der Waals surface area contributed by atoms with Crippen LogP contribution in [0.4, 0.5) is 4.39 Å². The average Bonchev–Trinajstić information content (AvgIpc) is 2.93. The molecule has 2 nitrogen and oxygen atoms in total. The highest BCUT2D eigenvalue weighted by atomic mass is 79.9. The van der Waals surface area contributed by atoms with Crippen LogP contribution in [-0.2, 0) is 16.9 Å². The molecule has 1 heterocycles. The Morgan fingerprint density at radius 2 is 2.06 bits per heavy atom. The number of hydrogen-bond donors (Lipinski definition) is 0. The fourth-order valence-corrected chi connectivity index (χ4v) is 3.80. The van der Waals surface area contributed by atoms with E-state index < -0.39 is 16.9 Å². The third-order valence-corrected chi connectivity index (χ3v) is 5.60. The van der Waals surface area contributed by atoms with Gasteiger partial charge < -0.3 is 4.55 Å².